The number of rotatable bonds is 6. The van der Waals surface area contributed by atoms with E-state index in [-0.39, 0.29) is 11.8 Å². The summed E-state index contributed by atoms with van der Waals surface area (Å²) in [5.41, 5.74) is 2.41. The maximum atomic E-state index is 13.2. The fourth-order valence-corrected chi connectivity index (χ4v) is 4.87. The Labute approximate surface area is 182 Å². The number of hydrogen-bond acceptors (Lipinski definition) is 4. The van der Waals surface area contributed by atoms with Crippen LogP contribution in [0.4, 0.5) is 11.4 Å². The molecule has 2 aromatic carbocycles. The van der Waals surface area contributed by atoms with Gasteiger partial charge in [-0.25, -0.2) is 0 Å². The molecule has 0 atom stereocenters. The van der Waals surface area contributed by atoms with Gasteiger partial charge in [-0.3, -0.25) is 9.59 Å². The Bertz CT molecular complexity index is 875. The number of carbonyl (C=O) groups is 2. The number of nitrogens with one attached hydrogen (secondary N) is 1. The number of nitrogens with zero attached hydrogens (tertiary/aromatic N) is 2. The summed E-state index contributed by atoms with van der Waals surface area (Å²) in [5.74, 6) is 0.366. The van der Waals surface area contributed by atoms with Crippen LogP contribution in [-0.2, 0) is 4.79 Å². The summed E-state index contributed by atoms with van der Waals surface area (Å²) < 4.78 is 0. The summed E-state index contributed by atoms with van der Waals surface area (Å²) in [6, 6.07) is 15.7. The molecule has 0 radical (unpaired) electrons. The average Bonchev–Trinajstić information content (AvgIpc) is 3.33. The average molecular weight is 424 g/mol. The van der Waals surface area contributed by atoms with Crippen molar-refractivity contribution in [2.75, 3.05) is 42.1 Å². The lowest BCUT2D eigenvalue weighted by atomic mass is 10.1. The number of piperidine rings is 1. The second-order valence-electron chi connectivity index (χ2n) is 7.93. The van der Waals surface area contributed by atoms with Crippen LogP contribution in [0.2, 0.25) is 0 Å². The Balaban J connectivity index is 1.49. The fraction of sp³-hybridized carbons (Fsp3) is 0.417. The van der Waals surface area contributed by atoms with Crippen LogP contribution < -0.4 is 10.2 Å². The van der Waals surface area contributed by atoms with E-state index in [1.54, 1.807) is 0 Å². The molecule has 6 heteroatoms. The van der Waals surface area contributed by atoms with Gasteiger partial charge in [-0.05, 0) is 62.4 Å². The monoisotopic (exact) mass is 423 g/mol. The van der Waals surface area contributed by atoms with Crippen molar-refractivity contribution in [3.05, 3.63) is 54.1 Å². The summed E-state index contributed by atoms with van der Waals surface area (Å²) >= 11 is 1.51. The van der Waals surface area contributed by atoms with Gasteiger partial charge in [0.1, 0.15) is 0 Å². The normalized spacial score (nSPS) is 16.5. The van der Waals surface area contributed by atoms with E-state index >= 15 is 0 Å². The molecule has 2 amide bonds. The summed E-state index contributed by atoms with van der Waals surface area (Å²) in [5, 5.41) is 2.98. The van der Waals surface area contributed by atoms with Crippen LogP contribution in [0.1, 0.15) is 42.5 Å². The summed E-state index contributed by atoms with van der Waals surface area (Å²) in [7, 11) is 0. The Hall–Kier alpha value is -2.47. The van der Waals surface area contributed by atoms with Crippen molar-refractivity contribution in [2.24, 2.45) is 0 Å². The first-order valence-electron chi connectivity index (χ1n) is 10.9. The molecule has 0 saturated carbocycles. The van der Waals surface area contributed by atoms with Crippen LogP contribution in [0.15, 0.2) is 53.4 Å². The molecular formula is C24H29N3O2S. The molecule has 2 aromatic rings. The van der Waals surface area contributed by atoms with E-state index in [0.717, 1.165) is 62.4 Å². The molecule has 5 nitrogen and oxygen atoms in total. The first kappa shape index (κ1) is 20.8. The lowest BCUT2D eigenvalue weighted by molar-refractivity contribution is -0.113. The van der Waals surface area contributed by atoms with Crippen molar-refractivity contribution >= 4 is 35.0 Å². The van der Waals surface area contributed by atoms with Gasteiger partial charge < -0.3 is 15.1 Å². The molecule has 2 fully saturated rings. The molecule has 4 rings (SSSR count). The molecule has 1 N–H and O–H groups in total. The number of hydrogen-bond donors (Lipinski definition) is 1. The van der Waals surface area contributed by atoms with E-state index in [2.05, 4.69) is 10.2 Å². The van der Waals surface area contributed by atoms with E-state index in [1.807, 2.05) is 53.4 Å². The van der Waals surface area contributed by atoms with Crippen LogP contribution in [0.25, 0.3) is 0 Å². The first-order chi connectivity index (χ1) is 14.7. The van der Waals surface area contributed by atoms with E-state index in [9.17, 15) is 9.59 Å². The first-order valence-corrected chi connectivity index (χ1v) is 11.9. The zero-order valence-electron chi connectivity index (χ0n) is 17.3. The Morgan fingerprint density at radius 3 is 2.30 bits per heavy atom. The molecule has 0 aromatic heterocycles. The van der Waals surface area contributed by atoms with Crippen molar-refractivity contribution in [2.45, 2.75) is 37.0 Å². The van der Waals surface area contributed by atoms with Crippen molar-refractivity contribution in [1.82, 2.24) is 4.90 Å². The number of benzene rings is 2. The van der Waals surface area contributed by atoms with Crippen LogP contribution in [0, 0.1) is 0 Å². The minimum absolute atomic E-state index is 0.0610. The highest BCUT2D eigenvalue weighted by Gasteiger charge is 2.25. The quantitative estimate of drug-likeness (QED) is 0.688. The van der Waals surface area contributed by atoms with Crippen molar-refractivity contribution in [1.29, 1.82) is 0 Å². The molecule has 2 aliphatic rings. The molecule has 2 aliphatic heterocycles. The van der Waals surface area contributed by atoms with Crippen molar-refractivity contribution in [3.63, 3.8) is 0 Å². The molecular weight excluding hydrogens is 394 g/mol. The van der Waals surface area contributed by atoms with E-state index in [4.69, 9.17) is 0 Å². The minimum atomic E-state index is -0.0610. The Morgan fingerprint density at radius 2 is 1.57 bits per heavy atom. The maximum absolute atomic E-state index is 13.2. The number of carbonyl (C=O) groups excluding carboxylic acids is 2. The molecule has 2 heterocycles. The SMILES string of the molecule is O=C(CSc1ccccc1)Nc1ccc(N2CCCCC2)c(C(=O)N2CCCC2)c1. The highest BCUT2D eigenvalue weighted by atomic mass is 32.2. The smallest absolute Gasteiger partial charge is 0.256 e. The zero-order chi connectivity index (χ0) is 20.8. The van der Waals surface area contributed by atoms with Gasteiger partial charge in [0.2, 0.25) is 5.91 Å². The second kappa shape index (κ2) is 10.0. The maximum Gasteiger partial charge on any atom is 0.256 e. The predicted octanol–water partition coefficient (Wildman–Crippen LogP) is 4.64. The fourth-order valence-electron chi connectivity index (χ4n) is 4.15. The summed E-state index contributed by atoms with van der Waals surface area (Å²) in [4.78, 5) is 31.0. The summed E-state index contributed by atoms with van der Waals surface area (Å²) in [6.45, 7) is 3.62. The summed E-state index contributed by atoms with van der Waals surface area (Å²) in [6.07, 6.45) is 5.70. The van der Waals surface area contributed by atoms with Gasteiger partial charge >= 0.3 is 0 Å². The molecule has 0 aliphatic carbocycles. The molecule has 2 saturated heterocycles. The predicted molar refractivity (Wildman–Crippen MR) is 123 cm³/mol. The largest absolute Gasteiger partial charge is 0.371 e. The molecule has 0 bridgehead atoms. The second-order valence-corrected chi connectivity index (χ2v) is 8.98. The van der Waals surface area contributed by atoms with Gasteiger partial charge in [-0.2, -0.15) is 0 Å². The van der Waals surface area contributed by atoms with Gasteiger partial charge in [0.25, 0.3) is 5.91 Å². The van der Waals surface area contributed by atoms with Gasteiger partial charge in [-0.1, -0.05) is 18.2 Å². The highest BCUT2D eigenvalue weighted by molar-refractivity contribution is 8.00. The van der Waals surface area contributed by atoms with Crippen molar-refractivity contribution in [3.8, 4) is 0 Å². The van der Waals surface area contributed by atoms with Gasteiger partial charge in [-0.15, -0.1) is 11.8 Å². The van der Waals surface area contributed by atoms with Crippen molar-refractivity contribution < 1.29 is 9.59 Å². The van der Waals surface area contributed by atoms with Gasteiger partial charge in [0.05, 0.1) is 11.3 Å². The zero-order valence-corrected chi connectivity index (χ0v) is 18.1. The lowest BCUT2D eigenvalue weighted by Gasteiger charge is -2.31. The molecule has 158 valence electrons. The Kier molecular flexibility index (Phi) is 6.95. The van der Waals surface area contributed by atoms with E-state index < -0.39 is 0 Å². The Morgan fingerprint density at radius 1 is 0.867 bits per heavy atom. The highest BCUT2D eigenvalue weighted by Crippen LogP contribution is 2.29. The lowest BCUT2D eigenvalue weighted by Crippen LogP contribution is -2.34. The van der Waals surface area contributed by atoms with Gasteiger partial charge in [0, 0.05) is 42.4 Å². The van der Waals surface area contributed by atoms with E-state index in [1.165, 1.54) is 18.2 Å². The van der Waals surface area contributed by atoms with Crippen LogP contribution in [0.5, 0.6) is 0 Å². The van der Waals surface area contributed by atoms with E-state index in [0.29, 0.717) is 17.0 Å². The number of thioether (sulfide) groups is 1. The van der Waals surface area contributed by atoms with Crippen LogP contribution in [-0.4, -0.2) is 48.6 Å². The topological polar surface area (TPSA) is 52.7 Å². The number of anilines is 2. The molecule has 0 unspecified atom stereocenters. The number of amides is 2. The third-order valence-corrected chi connectivity index (χ3v) is 6.73. The van der Waals surface area contributed by atoms with Gasteiger partial charge in [0.15, 0.2) is 0 Å². The molecule has 0 spiro atoms. The minimum Gasteiger partial charge on any atom is -0.371 e. The standard InChI is InChI=1S/C24H29N3O2S/c28-23(18-30-20-9-3-1-4-10-20)25-19-11-12-22(26-13-5-2-6-14-26)21(17-19)24(29)27-15-7-8-16-27/h1,3-4,9-12,17H,2,5-8,13-16,18H2,(H,25,28). The van der Waals surface area contributed by atoms with Crippen LogP contribution >= 0.6 is 11.8 Å². The molecule has 30 heavy (non-hydrogen) atoms. The van der Waals surface area contributed by atoms with Crippen LogP contribution in [0.3, 0.4) is 0 Å². The third kappa shape index (κ3) is 5.17. The third-order valence-electron chi connectivity index (χ3n) is 5.71. The number of likely N-dealkylation sites (tertiary alicyclic amines) is 1.